The number of hydrogen-bond donors (Lipinski definition) is 1. The van der Waals surface area contributed by atoms with Crippen LogP contribution in [0.4, 0.5) is 0 Å². The molecule has 0 atom stereocenters. The number of unbranched alkanes of at least 4 members (excludes halogenated alkanes) is 8. The predicted molar refractivity (Wildman–Crippen MR) is 72.3 cm³/mol. The third-order valence-corrected chi connectivity index (χ3v) is 2.53. The second-order valence-electron chi connectivity index (χ2n) is 4.04. The van der Waals surface area contributed by atoms with Gasteiger partial charge in [-0.15, -0.1) is 13.2 Å². The van der Waals surface area contributed by atoms with Crippen molar-refractivity contribution in [2.75, 3.05) is 0 Å². The Morgan fingerprint density at radius 1 is 0.875 bits per heavy atom. The zero-order chi connectivity index (χ0) is 12.6. The molecule has 0 spiro atoms. The van der Waals surface area contributed by atoms with E-state index in [4.69, 9.17) is 5.73 Å². The molecule has 0 aromatic carbocycles. The van der Waals surface area contributed by atoms with Gasteiger partial charge in [0.2, 0.25) is 5.91 Å². The Balaban J connectivity index is 0. The largest absolute Gasteiger partial charge is 0.370 e. The summed E-state index contributed by atoms with van der Waals surface area (Å²) in [6.07, 6.45) is 12.1. The minimum Gasteiger partial charge on any atom is -0.370 e. The lowest BCUT2D eigenvalue weighted by molar-refractivity contribution is -0.118. The Labute approximate surface area is 101 Å². The molecular weight excluding hydrogens is 198 g/mol. The fraction of sp³-hybridized carbons (Fsp3) is 0.786. The van der Waals surface area contributed by atoms with Crippen LogP contribution in [0.25, 0.3) is 0 Å². The summed E-state index contributed by atoms with van der Waals surface area (Å²) in [5.41, 5.74) is 5.05. The van der Waals surface area contributed by atoms with Crippen LogP contribution in [-0.2, 0) is 4.79 Å². The zero-order valence-corrected chi connectivity index (χ0v) is 11.0. The van der Waals surface area contributed by atoms with E-state index in [-0.39, 0.29) is 5.91 Å². The maximum absolute atomic E-state index is 10.4. The Bertz CT molecular complexity index is 146. The van der Waals surface area contributed by atoms with E-state index in [9.17, 15) is 4.79 Å². The highest BCUT2D eigenvalue weighted by atomic mass is 16.1. The molecule has 16 heavy (non-hydrogen) atoms. The van der Waals surface area contributed by atoms with Crippen LogP contribution in [0.1, 0.15) is 71.1 Å². The smallest absolute Gasteiger partial charge is 0.217 e. The van der Waals surface area contributed by atoms with Gasteiger partial charge in [0.05, 0.1) is 0 Å². The van der Waals surface area contributed by atoms with E-state index >= 15 is 0 Å². The minimum absolute atomic E-state index is 0.159. The lowest BCUT2D eigenvalue weighted by Gasteiger charge is -2.00. The second-order valence-corrected chi connectivity index (χ2v) is 4.04. The van der Waals surface area contributed by atoms with Crippen LogP contribution in [0.5, 0.6) is 0 Å². The highest BCUT2D eigenvalue weighted by Gasteiger charge is 1.94. The monoisotopic (exact) mass is 227 g/mol. The summed E-state index contributed by atoms with van der Waals surface area (Å²) < 4.78 is 0. The normalized spacial score (nSPS) is 9.31. The van der Waals surface area contributed by atoms with Gasteiger partial charge in [0.1, 0.15) is 0 Å². The molecule has 2 nitrogen and oxygen atoms in total. The van der Waals surface area contributed by atoms with Gasteiger partial charge in [-0.05, 0) is 6.42 Å². The third kappa shape index (κ3) is 18.9. The first-order chi connectivity index (χ1) is 7.77. The fourth-order valence-electron chi connectivity index (χ4n) is 1.61. The van der Waals surface area contributed by atoms with Crippen LogP contribution < -0.4 is 5.73 Å². The van der Waals surface area contributed by atoms with E-state index in [1.165, 1.54) is 44.9 Å². The summed E-state index contributed by atoms with van der Waals surface area (Å²) in [6.45, 7) is 8.24. The number of nitrogens with two attached hydrogens (primary N) is 1. The summed E-state index contributed by atoms with van der Waals surface area (Å²) in [5, 5.41) is 0. The average Bonchev–Trinajstić information content (AvgIpc) is 2.29. The van der Waals surface area contributed by atoms with Gasteiger partial charge in [0.15, 0.2) is 0 Å². The molecule has 0 aliphatic rings. The first-order valence-electron chi connectivity index (χ1n) is 6.55. The standard InChI is InChI=1S/C12H25NO.C2H4/c1-2-3-4-5-6-7-8-9-10-11-12(13)14;1-2/h2-11H2,1H3,(H2,13,14);1-2H2. The molecule has 0 fully saturated rings. The molecule has 0 bridgehead atoms. The van der Waals surface area contributed by atoms with E-state index in [1.807, 2.05) is 0 Å². The van der Waals surface area contributed by atoms with Gasteiger partial charge in [0.25, 0.3) is 0 Å². The van der Waals surface area contributed by atoms with Crippen molar-refractivity contribution in [3.8, 4) is 0 Å². The van der Waals surface area contributed by atoms with E-state index in [2.05, 4.69) is 20.1 Å². The van der Waals surface area contributed by atoms with Crippen LogP contribution in [0, 0.1) is 0 Å². The molecule has 0 rings (SSSR count). The first-order valence-corrected chi connectivity index (χ1v) is 6.55. The Morgan fingerprint density at radius 3 is 1.62 bits per heavy atom. The molecule has 0 radical (unpaired) electrons. The van der Waals surface area contributed by atoms with Crippen LogP contribution in [0.15, 0.2) is 13.2 Å². The van der Waals surface area contributed by atoms with Crippen molar-refractivity contribution >= 4 is 5.91 Å². The number of hydrogen-bond acceptors (Lipinski definition) is 1. The molecule has 0 saturated heterocycles. The van der Waals surface area contributed by atoms with Crippen molar-refractivity contribution < 1.29 is 4.79 Å². The van der Waals surface area contributed by atoms with Crippen molar-refractivity contribution in [3.05, 3.63) is 13.2 Å². The summed E-state index contributed by atoms with van der Waals surface area (Å²) in [6, 6.07) is 0. The molecule has 0 saturated carbocycles. The van der Waals surface area contributed by atoms with Gasteiger partial charge >= 0.3 is 0 Å². The molecule has 2 heteroatoms. The molecule has 96 valence electrons. The van der Waals surface area contributed by atoms with E-state index < -0.39 is 0 Å². The molecule has 0 aliphatic carbocycles. The number of carbonyl (C=O) groups is 1. The van der Waals surface area contributed by atoms with Gasteiger partial charge < -0.3 is 5.73 Å². The summed E-state index contributed by atoms with van der Waals surface area (Å²) in [7, 11) is 0. The number of amides is 1. The average molecular weight is 227 g/mol. The van der Waals surface area contributed by atoms with Gasteiger partial charge in [-0.1, -0.05) is 58.3 Å². The summed E-state index contributed by atoms with van der Waals surface area (Å²) >= 11 is 0. The molecule has 1 amide bonds. The van der Waals surface area contributed by atoms with Crippen molar-refractivity contribution in [3.63, 3.8) is 0 Å². The predicted octanol–water partition coefficient (Wildman–Crippen LogP) is 4.19. The quantitative estimate of drug-likeness (QED) is 0.441. The van der Waals surface area contributed by atoms with Crippen molar-refractivity contribution in [1.82, 2.24) is 0 Å². The molecule has 0 aromatic heterocycles. The van der Waals surface area contributed by atoms with Gasteiger partial charge in [-0.3, -0.25) is 4.79 Å². The molecule has 0 aliphatic heterocycles. The lowest BCUT2D eigenvalue weighted by Crippen LogP contribution is -2.09. The van der Waals surface area contributed by atoms with Crippen molar-refractivity contribution in [2.45, 2.75) is 71.1 Å². The highest BCUT2D eigenvalue weighted by molar-refractivity contribution is 5.73. The van der Waals surface area contributed by atoms with Gasteiger partial charge in [-0.2, -0.15) is 0 Å². The van der Waals surface area contributed by atoms with Gasteiger partial charge in [0, 0.05) is 6.42 Å². The van der Waals surface area contributed by atoms with Crippen molar-refractivity contribution in [1.29, 1.82) is 0 Å². The van der Waals surface area contributed by atoms with E-state index in [0.717, 1.165) is 12.8 Å². The Kier molecular flexibility index (Phi) is 18.3. The molecule has 0 aromatic rings. The van der Waals surface area contributed by atoms with Crippen molar-refractivity contribution in [2.24, 2.45) is 5.73 Å². The van der Waals surface area contributed by atoms with E-state index in [1.54, 1.807) is 0 Å². The Hall–Kier alpha value is -0.790. The minimum atomic E-state index is -0.159. The number of primary amides is 1. The maximum atomic E-state index is 10.4. The fourth-order valence-corrected chi connectivity index (χ4v) is 1.61. The van der Waals surface area contributed by atoms with Gasteiger partial charge in [-0.25, -0.2) is 0 Å². The molecule has 2 N–H and O–H groups in total. The SMILES string of the molecule is C=C.CCCCCCCCCCCC(N)=O. The van der Waals surface area contributed by atoms with Crippen LogP contribution in [0.2, 0.25) is 0 Å². The Morgan fingerprint density at radius 2 is 1.25 bits per heavy atom. The summed E-state index contributed by atoms with van der Waals surface area (Å²) in [5.74, 6) is -0.159. The van der Waals surface area contributed by atoms with E-state index in [0.29, 0.717) is 6.42 Å². The molecule has 0 unspecified atom stereocenters. The number of rotatable bonds is 10. The van der Waals surface area contributed by atoms with Crippen LogP contribution >= 0.6 is 0 Å². The topological polar surface area (TPSA) is 43.1 Å². The highest BCUT2D eigenvalue weighted by Crippen LogP contribution is 2.10. The second kappa shape index (κ2) is 16.6. The molecular formula is C14H29NO. The molecule has 0 heterocycles. The maximum Gasteiger partial charge on any atom is 0.217 e. The third-order valence-electron chi connectivity index (χ3n) is 2.53. The first kappa shape index (κ1) is 17.6. The van der Waals surface area contributed by atoms with Crippen LogP contribution in [-0.4, -0.2) is 5.91 Å². The lowest BCUT2D eigenvalue weighted by atomic mass is 10.1. The summed E-state index contributed by atoms with van der Waals surface area (Å²) in [4.78, 5) is 10.4. The zero-order valence-electron chi connectivity index (χ0n) is 11.0. The van der Waals surface area contributed by atoms with Crippen LogP contribution in [0.3, 0.4) is 0 Å². The number of carbonyl (C=O) groups excluding carboxylic acids is 1.